The molecule has 0 saturated carbocycles. The van der Waals surface area contributed by atoms with Crippen LogP contribution in [-0.4, -0.2) is 19.8 Å². The monoisotopic (exact) mass is 193 g/mol. The van der Waals surface area contributed by atoms with Gasteiger partial charge in [-0.1, -0.05) is 30.3 Å². The summed E-state index contributed by atoms with van der Waals surface area (Å²) in [6.07, 6.45) is 1.01. The SMILES string of the molecule is CCOCC[C@H](CN)c1ccccc1. The average molecular weight is 193 g/mol. The van der Waals surface area contributed by atoms with Gasteiger partial charge in [-0.15, -0.1) is 0 Å². The zero-order valence-electron chi connectivity index (χ0n) is 8.78. The number of hydrogen-bond acceptors (Lipinski definition) is 2. The van der Waals surface area contributed by atoms with Gasteiger partial charge in [0.2, 0.25) is 0 Å². The van der Waals surface area contributed by atoms with E-state index in [-0.39, 0.29) is 0 Å². The molecule has 1 aromatic carbocycles. The van der Waals surface area contributed by atoms with E-state index in [1.807, 2.05) is 13.0 Å². The first-order chi connectivity index (χ1) is 6.88. The van der Waals surface area contributed by atoms with E-state index < -0.39 is 0 Å². The number of benzene rings is 1. The molecule has 0 amide bonds. The van der Waals surface area contributed by atoms with Crippen LogP contribution >= 0.6 is 0 Å². The van der Waals surface area contributed by atoms with Crippen LogP contribution in [0, 0.1) is 0 Å². The van der Waals surface area contributed by atoms with Gasteiger partial charge in [-0.25, -0.2) is 0 Å². The van der Waals surface area contributed by atoms with Gasteiger partial charge in [0, 0.05) is 13.2 Å². The molecule has 1 aromatic rings. The van der Waals surface area contributed by atoms with Crippen LogP contribution in [0.3, 0.4) is 0 Å². The predicted octanol–water partition coefficient (Wildman–Crippen LogP) is 2.16. The first kappa shape index (κ1) is 11.2. The van der Waals surface area contributed by atoms with Crippen molar-refractivity contribution in [2.24, 2.45) is 5.73 Å². The maximum atomic E-state index is 5.73. The van der Waals surface area contributed by atoms with Crippen molar-refractivity contribution in [3.05, 3.63) is 35.9 Å². The van der Waals surface area contributed by atoms with Crippen LogP contribution in [0.1, 0.15) is 24.8 Å². The van der Waals surface area contributed by atoms with Crippen LogP contribution in [-0.2, 0) is 4.74 Å². The van der Waals surface area contributed by atoms with E-state index in [9.17, 15) is 0 Å². The maximum absolute atomic E-state index is 5.73. The molecule has 0 radical (unpaired) electrons. The summed E-state index contributed by atoms with van der Waals surface area (Å²) in [6, 6.07) is 10.4. The molecule has 0 aliphatic rings. The quantitative estimate of drug-likeness (QED) is 0.703. The minimum atomic E-state index is 0.433. The van der Waals surface area contributed by atoms with Gasteiger partial charge < -0.3 is 10.5 Å². The van der Waals surface area contributed by atoms with E-state index in [1.165, 1.54) is 5.56 Å². The largest absolute Gasteiger partial charge is 0.382 e. The van der Waals surface area contributed by atoms with Crippen LogP contribution in [0.5, 0.6) is 0 Å². The molecule has 0 spiro atoms. The van der Waals surface area contributed by atoms with Crippen molar-refractivity contribution in [2.45, 2.75) is 19.3 Å². The third kappa shape index (κ3) is 3.48. The highest BCUT2D eigenvalue weighted by Gasteiger charge is 2.08. The highest BCUT2D eigenvalue weighted by atomic mass is 16.5. The van der Waals surface area contributed by atoms with Gasteiger partial charge in [0.25, 0.3) is 0 Å². The van der Waals surface area contributed by atoms with Gasteiger partial charge in [0.05, 0.1) is 0 Å². The number of rotatable bonds is 6. The van der Waals surface area contributed by atoms with Crippen LogP contribution in [0.25, 0.3) is 0 Å². The van der Waals surface area contributed by atoms with E-state index in [0.29, 0.717) is 12.5 Å². The summed E-state index contributed by atoms with van der Waals surface area (Å²) < 4.78 is 5.33. The van der Waals surface area contributed by atoms with Crippen molar-refractivity contribution in [3.8, 4) is 0 Å². The molecule has 2 N–H and O–H groups in total. The average Bonchev–Trinajstić information content (AvgIpc) is 2.26. The van der Waals surface area contributed by atoms with Crippen molar-refractivity contribution in [2.75, 3.05) is 19.8 Å². The fourth-order valence-corrected chi connectivity index (χ4v) is 1.52. The Kier molecular flexibility index (Phi) is 5.27. The summed E-state index contributed by atoms with van der Waals surface area (Å²) in [5.74, 6) is 0.433. The summed E-state index contributed by atoms with van der Waals surface area (Å²) in [5.41, 5.74) is 7.05. The maximum Gasteiger partial charge on any atom is 0.0472 e. The van der Waals surface area contributed by atoms with Gasteiger partial charge in [-0.05, 0) is 31.4 Å². The normalized spacial score (nSPS) is 12.7. The van der Waals surface area contributed by atoms with Crippen LogP contribution in [0.2, 0.25) is 0 Å². The van der Waals surface area contributed by atoms with E-state index in [1.54, 1.807) is 0 Å². The van der Waals surface area contributed by atoms with Crippen LogP contribution < -0.4 is 5.73 Å². The Balaban J connectivity index is 2.46. The minimum absolute atomic E-state index is 0.433. The molecule has 78 valence electrons. The fourth-order valence-electron chi connectivity index (χ4n) is 1.52. The molecule has 0 heterocycles. The molecule has 0 unspecified atom stereocenters. The summed E-state index contributed by atoms with van der Waals surface area (Å²) >= 11 is 0. The second-order valence-electron chi connectivity index (χ2n) is 3.33. The highest BCUT2D eigenvalue weighted by Crippen LogP contribution is 2.17. The molecule has 0 aliphatic carbocycles. The first-order valence-corrected chi connectivity index (χ1v) is 5.21. The molecule has 1 rings (SSSR count). The highest BCUT2D eigenvalue weighted by molar-refractivity contribution is 5.19. The van der Waals surface area contributed by atoms with Gasteiger partial charge in [0.15, 0.2) is 0 Å². The van der Waals surface area contributed by atoms with Crippen molar-refractivity contribution < 1.29 is 4.74 Å². The molecule has 0 aliphatic heterocycles. The zero-order valence-corrected chi connectivity index (χ0v) is 8.78. The zero-order chi connectivity index (χ0) is 10.2. The van der Waals surface area contributed by atoms with Gasteiger partial charge in [-0.2, -0.15) is 0 Å². The Labute approximate surface area is 86.1 Å². The van der Waals surface area contributed by atoms with Crippen LogP contribution in [0.15, 0.2) is 30.3 Å². The van der Waals surface area contributed by atoms with Gasteiger partial charge in [0.1, 0.15) is 0 Å². The lowest BCUT2D eigenvalue weighted by Gasteiger charge is -2.14. The summed E-state index contributed by atoms with van der Waals surface area (Å²) in [4.78, 5) is 0. The third-order valence-corrected chi connectivity index (χ3v) is 2.37. The van der Waals surface area contributed by atoms with E-state index in [2.05, 4.69) is 24.3 Å². The van der Waals surface area contributed by atoms with Gasteiger partial charge in [-0.3, -0.25) is 0 Å². The minimum Gasteiger partial charge on any atom is -0.382 e. The molecule has 0 saturated heterocycles. The number of hydrogen-bond donors (Lipinski definition) is 1. The first-order valence-electron chi connectivity index (χ1n) is 5.21. The van der Waals surface area contributed by atoms with Crippen molar-refractivity contribution in [1.29, 1.82) is 0 Å². The molecule has 0 fully saturated rings. The lowest BCUT2D eigenvalue weighted by atomic mass is 9.96. The topological polar surface area (TPSA) is 35.2 Å². The number of nitrogens with two attached hydrogens (primary N) is 1. The third-order valence-electron chi connectivity index (χ3n) is 2.37. The Morgan fingerprint density at radius 3 is 2.57 bits per heavy atom. The van der Waals surface area contributed by atoms with Crippen LogP contribution in [0.4, 0.5) is 0 Å². The van der Waals surface area contributed by atoms with E-state index in [0.717, 1.165) is 19.6 Å². The standard InChI is InChI=1S/C12H19NO/c1-2-14-9-8-12(10-13)11-6-4-3-5-7-11/h3-7,12H,2,8-10,13H2,1H3/t12-/m1/s1. The summed E-state index contributed by atoms with van der Waals surface area (Å²) in [5, 5.41) is 0. The predicted molar refractivity (Wildman–Crippen MR) is 59.3 cm³/mol. The molecule has 14 heavy (non-hydrogen) atoms. The molecule has 0 bridgehead atoms. The molecule has 2 nitrogen and oxygen atoms in total. The summed E-state index contributed by atoms with van der Waals surface area (Å²) in [7, 11) is 0. The van der Waals surface area contributed by atoms with E-state index >= 15 is 0 Å². The Bertz CT molecular complexity index is 235. The number of ether oxygens (including phenoxy) is 1. The molecule has 0 aromatic heterocycles. The van der Waals surface area contributed by atoms with Crippen molar-refractivity contribution in [1.82, 2.24) is 0 Å². The molecule has 2 heteroatoms. The molecular weight excluding hydrogens is 174 g/mol. The Morgan fingerprint density at radius 1 is 1.29 bits per heavy atom. The lowest BCUT2D eigenvalue weighted by molar-refractivity contribution is 0.140. The lowest BCUT2D eigenvalue weighted by Crippen LogP contribution is -2.14. The summed E-state index contributed by atoms with van der Waals surface area (Å²) in [6.45, 7) is 4.29. The fraction of sp³-hybridized carbons (Fsp3) is 0.500. The molecular formula is C12H19NO. The van der Waals surface area contributed by atoms with Crippen molar-refractivity contribution >= 4 is 0 Å². The second-order valence-corrected chi connectivity index (χ2v) is 3.33. The Morgan fingerprint density at radius 2 is 2.00 bits per heavy atom. The second kappa shape index (κ2) is 6.57. The molecule has 1 atom stereocenters. The van der Waals surface area contributed by atoms with Gasteiger partial charge >= 0.3 is 0 Å². The van der Waals surface area contributed by atoms with E-state index in [4.69, 9.17) is 10.5 Å². The smallest absolute Gasteiger partial charge is 0.0472 e. The van der Waals surface area contributed by atoms with Crippen molar-refractivity contribution in [3.63, 3.8) is 0 Å². The Hall–Kier alpha value is -0.860.